The van der Waals surface area contributed by atoms with Gasteiger partial charge in [0.15, 0.2) is 0 Å². The van der Waals surface area contributed by atoms with Crippen molar-refractivity contribution in [1.29, 1.82) is 0 Å². The number of benzene rings is 3. The first kappa shape index (κ1) is 17.6. The monoisotopic (exact) mass is 341 g/mol. The fraction of sp³-hybridized carbons (Fsp3) is 0.0833. The number of ether oxygens (including phenoxy) is 1. The Hall–Kier alpha value is -3.26. The maximum atomic E-state index is 5.28. The predicted molar refractivity (Wildman–Crippen MR) is 110 cm³/mol. The van der Waals surface area contributed by atoms with Crippen LogP contribution in [0.2, 0.25) is 0 Å². The average Bonchev–Trinajstić information content (AvgIpc) is 2.72. The molecule has 0 aromatic heterocycles. The van der Waals surface area contributed by atoms with Crippen molar-refractivity contribution in [3.8, 4) is 5.75 Å². The lowest BCUT2D eigenvalue weighted by molar-refractivity contribution is 0.415. The summed E-state index contributed by atoms with van der Waals surface area (Å²) in [5.74, 6) is 0.846. The van der Waals surface area contributed by atoms with Crippen LogP contribution in [0.3, 0.4) is 0 Å². The summed E-state index contributed by atoms with van der Waals surface area (Å²) in [5.41, 5.74) is 4.40. The van der Waals surface area contributed by atoms with Crippen molar-refractivity contribution in [2.45, 2.75) is 6.54 Å². The third kappa shape index (κ3) is 4.64. The fourth-order valence-corrected chi connectivity index (χ4v) is 2.73. The van der Waals surface area contributed by atoms with Gasteiger partial charge < -0.3 is 9.64 Å². The highest BCUT2D eigenvalue weighted by molar-refractivity contribution is 5.60. The highest BCUT2D eigenvalue weighted by Crippen LogP contribution is 2.25. The summed E-state index contributed by atoms with van der Waals surface area (Å²) in [6.07, 6.45) is 4.15. The summed E-state index contributed by atoms with van der Waals surface area (Å²) in [6, 6.07) is 28.7. The van der Waals surface area contributed by atoms with Gasteiger partial charge in [-0.3, -0.25) is 0 Å². The largest absolute Gasteiger partial charge is 0.497 e. The van der Waals surface area contributed by atoms with E-state index in [-0.39, 0.29) is 0 Å². The normalized spacial score (nSPS) is 10.7. The molecule has 0 aliphatic rings. The molecule has 130 valence electrons. The zero-order chi connectivity index (χ0) is 18.2. The molecule has 0 saturated carbocycles. The highest BCUT2D eigenvalue weighted by atomic mass is 16.5. The molecule has 2 nitrogen and oxygen atoms in total. The number of allylic oxidation sites excluding steroid dienone is 1. The number of nitrogens with zero attached hydrogens (tertiary/aromatic N) is 1. The van der Waals surface area contributed by atoms with Gasteiger partial charge >= 0.3 is 0 Å². The van der Waals surface area contributed by atoms with Gasteiger partial charge in [-0.25, -0.2) is 0 Å². The molecule has 0 unspecified atom stereocenters. The smallest absolute Gasteiger partial charge is 0.119 e. The molecular weight excluding hydrogens is 318 g/mol. The van der Waals surface area contributed by atoms with Crippen LogP contribution in [0, 0.1) is 0 Å². The van der Waals surface area contributed by atoms with Crippen molar-refractivity contribution in [1.82, 2.24) is 0 Å². The van der Waals surface area contributed by atoms with Gasteiger partial charge in [0.05, 0.1) is 7.11 Å². The lowest BCUT2D eigenvalue weighted by Gasteiger charge is -2.25. The van der Waals surface area contributed by atoms with Crippen LogP contribution in [0.1, 0.15) is 11.1 Å². The van der Waals surface area contributed by atoms with E-state index in [1.165, 1.54) is 5.56 Å². The van der Waals surface area contributed by atoms with Gasteiger partial charge in [-0.15, -0.1) is 0 Å². The first-order chi connectivity index (χ1) is 12.8. The van der Waals surface area contributed by atoms with Crippen molar-refractivity contribution >= 4 is 11.8 Å². The number of rotatable bonds is 7. The number of hydrogen-bond donors (Lipinski definition) is 0. The molecule has 0 N–H and O–H groups in total. The summed E-state index contributed by atoms with van der Waals surface area (Å²) in [7, 11) is 1.68. The van der Waals surface area contributed by atoms with Gasteiger partial charge in [0.2, 0.25) is 0 Å². The zero-order valence-corrected chi connectivity index (χ0v) is 15.0. The lowest BCUT2D eigenvalue weighted by atomic mass is 10.1. The van der Waals surface area contributed by atoms with Crippen LogP contribution in [0.4, 0.5) is 5.69 Å². The topological polar surface area (TPSA) is 12.5 Å². The van der Waals surface area contributed by atoms with Gasteiger partial charge in [-0.2, -0.15) is 0 Å². The van der Waals surface area contributed by atoms with Crippen molar-refractivity contribution in [2.24, 2.45) is 0 Å². The predicted octanol–water partition coefficient (Wildman–Crippen LogP) is 5.93. The van der Waals surface area contributed by atoms with E-state index in [4.69, 9.17) is 4.74 Å². The molecule has 0 amide bonds. The molecular formula is C24H23NO. The molecule has 0 radical (unpaired) electrons. The molecule has 0 fully saturated rings. The van der Waals surface area contributed by atoms with Crippen LogP contribution in [0.5, 0.6) is 5.75 Å². The molecule has 0 aliphatic heterocycles. The second-order valence-electron chi connectivity index (χ2n) is 6.01. The standard InChI is InChI=1S/C24H23NO/c1-20(13-14-21-9-5-3-6-10-21)25(19-22-11-7-4-8-12-22)23-15-17-24(26-2)18-16-23/h3-18H,1,19H2,2H3/b14-13+. The van der Waals surface area contributed by atoms with Crippen LogP contribution >= 0.6 is 0 Å². The molecule has 26 heavy (non-hydrogen) atoms. The van der Waals surface area contributed by atoms with Gasteiger partial charge in [0.1, 0.15) is 5.75 Å². The maximum Gasteiger partial charge on any atom is 0.119 e. The summed E-state index contributed by atoms with van der Waals surface area (Å²) >= 11 is 0. The Labute approximate surface area is 155 Å². The molecule has 0 spiro atoms. The van der Waals surface area contributed by atoms with Crippen LogP contribution in [0.25, 0.3) is 6.08 Å². The SMILES string of the molecule is C=C(/C=C/c1ccccc1)N(Cc1ccccc1)c1ccc(OC)cc1. The summed E-state index contributed by atoms with van der Waals surface area (Å²) in [4.78, 5) is 2.20. The molecule has 0 aliphatic carbocycles. The van der Waals surface area contributed by atoms with E-state index in [2.05, 4.69) is 72.2 Å². The number of hydrogen-bond acceptors (Lipinski definition) is 2. The van der Waals surface area contributed by atoms with Crippen molar-refractivity contribution in [2.75, 3.05) is 12.0 Å². The summed E-state index contributed by atoms with van der Waals surface area (Å²) in [5, 5.41) is 0. The Bertz CT molecular complexity index is 852. The third-order valence-electron chi connectivity index (χ3n) is 4.18. The number of anilines is 1. The number of methoxy groups -OCH3 is 1. The van der Waals surface area contributed by atoms with E-state index >= 15 is 0 Å². The van der Waals surface area contributed by atoms with Gasteiger partial charge in [0, 0.05) is 17.9 Å². The van der Waals surface area contributed by atoms with E-state index in [9.17, 15) is 0 Å². The fourth-order valence-electron chi connectivity index (χ4n) is 2.73. The minimum Gasteiger partial charge on any atom is -0.497 e. The molecule has 3 aromatic rings. The van der Waals surface area contributed by atoms with Gasteiger partial charge in [0.25, 0.3) is 0 Å². The molecule has 2 heteroatoms. The van der Waals surface area contributed by atoms with E-state index < -0.39 is 0 Å². The Morgan fingerprint density at radius 3 is 2.12 bits per heavy atom. The quantitative estimate of drug-likeness (QED) is 0.494. The van der Waals surface area contributed by atoms with Crippen molar-refractivity contribution in [3.63, 3.8) is 0 Å². The maximum absolute atomic E-state index is 5.28. The van der Waals surface area contributed by atoms with Crippen LogP contribution in [-0.2, 0) is 6.54 Å². The molecule has 3 aromatic carbocycles. The van der Waals surface area contributed by atoms with E-state index in [0.29, 0.717) is 0 Å². The summed E-state index contributed by atoms with van der Waals surface area (Å²) < 4.78 is 5.28. The van der Waals surface area contributed by atoms with Crippen molar-refractivity contribution in [3.05, 3.63) is 114 Å². The first-order valence-corrected chi connectivity index (χ1v) is 8.64. The molecule has 3 rings (SSSR count). The van der Waals surface area contributed by atoms with Gasteiger partial charge in [-0.05, 0) is 41.5 Å². The van der Waals surface area contributed by atoms with Gasteiger partial charge in [-0.1, -0.05) is 73.3 Å². The van der Waals surface area contributed by atoms with E-state index in [1.54, 1.807) is 7.11 Å². The first-order valence-electron chi connectivity index (χ1n) is 8.64. The average molecular weight is 341 g/mol. The molecule has 0 saturated heterocycles. The Morgan fingerprint density at radius 2 is 1.50 bits per heavy atom. The van der Waals surface area contributed by atoms with Crippen LogP contribution in [-0.4, -0.2) is 7.11 Å². The Balaban J connectivity index is 1.86. The van der Waals surface area contributed by atoms with Crippen LogP contribution in [0.15, 0.2) is 103 Å². The molecule has 0 atom stereocenters. The summed E-state index contributed by atoms with van der Waals surface area (Å²) in [6.45, 7) is 5.05. The second kappa shape index (κ2) is 8.72. The van der Waals surface area contributed by atoms with Crippen molar-refractivity contribution < 1.29 is 4.74 Å². The van der Waals surface area contributed by atoms with E-state index in [1.807, 2.05) is 36.4 Å². The minimum atomic E-state index is 0.755. The Kier molecular flexibility index (Phi) is 5.89. The zero-order valence-electron chi connectivity index (χ0n) is 15.0. The lowest BCUT2D eigenvalue weighted by Crippen LogP contribution is -2.20. The minimum absolute atomic E-state index is 0.755. The van der Waals surface area contributed by atoms with E-state index in [0.717, 1.165) is 29.2 Å². The molecule has 0 heterocycles. The second-order valence-corrected chi connectivity index (χ2v) is 6.01. The Morgan fingerprint density at radius 1 is 0.885 bits per heavy atom. The van der Waals surface area contributed by atoms with Crippen LogP contribution < -0.4 is 9.64 Å². The molecule has 0 bridgehead atoms. The third-order valence-corrected chi connectivity index (χ3v) is 4.18. The highest BCUT2D eigenvalue weighted by Gasteiger charge is 2.10.